The van der Waals surface area contributed by atoms with Crippen LogP contribution in [-0.2, 0) is 0 Å². The summed E-state index contributed by atoms with van der Waals surface area (Å²) in [7, 11) is 0. The van der Waals surface area contributed by atoms with Gasteiger partial charge < -0.3 is 4.74 Å². The van der Waals surface area contributed by atoms with Crippen LogP contribution >= 0.6 is 0 Å². The molecule has 6 aromatic carbocycles. The van der Waals surface area contributed by atoms with E-state index in [2.05, 4.69) is 145 Å². The highest BCUT2D eigenvalue weighted by molar-refractivity contribution is 6.15. The van der Waals surface area contributed by atoms with E-state index >= 15 is 0 Å². The van der Waals surface area contributed by atoms with E-state index in [0.29, 0.717) is 0 Å². The molecule has 0 fully saturated rings. The van der Waals surface area contributed by atoms with Gasteiger partial charge >= 0.3 is 0 Å². The molecule has 0 radical (unpaired) electrons. The monoisotopic (exact) mass is 669 g/mol. The quantitative estimate of drug-likeness (QED) is 0.176. The van der Waals surface area contributed by atoms with Crippen molar-refractivity contribution in [1.82, 2.24) is 23.8 Å². The molecule has 11 rings (SSSR count). The van der Waals surface area contributed by atoms with E-state index in [4.69, 9.17) is 19.7 Å². The second-order valence-corrected chi connectivity index (χ2v) is 13.9. The number of benzene rings is 6. The normalized spacial score (nSPS) is 12.1. The maximum Gasteiger partial charge on any atom is 0.147 e. The Hall–Kier alpha value is -6.79. The number of rotatable bonds is 3. The average molecular weight is 670 g/mol. The Kier molecular flexibility index (Phi) is 5.91. The molecule has 11 aromatic rings. The first kappa shape index (κ1) is 29.0. The van der Waals surface area contributed by atoms with Crippen molar-refractivity contribution in [3.05, 3.63) is 150 Å². The lowest BCUT2D eigenvalue weighted by atomic mass is 9.96. The van der Waals surface area contributed by atoms with Gasteiger partial charge in [-0.15, -0.1) is 0 Å². The van der Waals surface area contributed by atoms with Crippen LogP contribution in [0.5, 0.6) is 11.5 Å². The van der Waals surface area contributed by atoms with Gasteiger partial charge in [0.1, 0.15) is 28.4 Å². The Morgan fingerprint density at radius 1 is 0.423 bits per heavy atom. The molecule has 0 N–H and O–H groups in total. The first-order chi connectivity index (χ1) is 25.5. The van der Waals surface area contributed by atoms with Gasteiger partial charge in [-0.3, -0.25) is 8.80 Å². The summed E-state index contributed by atoms with van der Waals surface area (Å²) >= 11 is 0. The number of pyridine rings is 3. The van der Waals surface area contributed by atoms with Crippen molar-refractivity contribution >= 4 is 76.8 Å². The predicted molar refractivity (Wildman–Crippen MR) is 213 cm³/mol. The van der Waals surface area contributed by atoms with Crippen LogP contribution in [0.15, 0.2) is 133 Å². The maximum absolute atomic E-state index is 6.69. The second-order valence-electron chi connectivity index (χ2n) is 13.9. The van der Waals surface area contributed by atoms with Crippen LogP contribution in [0, 0.1) is 20.8 Å². The largest absolute Gasteiger partial charge is 0.457 e. The Bertz CT molecular complexity index is 3290. The van der Waals surface area contributed by atoms with Crippen molar-refractivity contribution in [3.8, 4) is 22.8 Å². The molecule has 0 unspecified atom stereocenters. The van der Waals surface area contributed by atoms with Crippen LogP contribution in [0.25, 0.3) is 88.1 Å². The lowest BCUT2D eigenvalue weighted by Crippen LogP contribution is -1.98. The number of para-hydroxylation sites is 5. The van der Waals surface area contributed by atoms with E-state index in [1.54, 1.807) is 0 Å². The van der Waals surface area contributed by atoms with E-state index in [0.717, 1.165) is 88.6 Å². The molecule has 5 heterocycles. The van der Waals surface area contributed by atoms with Gasteiger partial charge in [0.25, 0.3) is 0 Å². The number of ether oxygens (including phenoxy) is 1. The van der Waals surface area contributed by atoms with Crippen LogP contribution in [0.2, 0.25) is 0 Å². The van der Waals surface area contributed by atoms with Gasteiger partial charge in [-0.25, -0.2) is 15.0 Å². The maximum atomic E-state index is 6.69. The molecule has 0 saturated heterocycles. The minimum absolute atomic E-state index is 0.737. The minimum Gasteiger partial charge on any atom is -0.457 e. The molecule has 52 heavy (non-hydrogen) atoms. The van der Waals surface area contributed by atoms with E-state index in [1.807, 2.05) is 18.2 Å². The third kappa shape index (κ3) is 4.09. The van der Waals surface area contributed by atoms with E-state index in [1.165, 1.54) is 27.6 Å². The third-order valence-electron chi connectivity index (χ3n) is 10.6. The molecule has 0 aliphatic carbocycles. The van der Waals surface area contributed by atoms with Crippen LogP contribution in [-0.4, -0.2) is 23.8 Å². The van der Waals surface area contributed by atoms with Crippen LogP contribution in [0.3, 0.4) is 0 Å². The van der Waals surface area contributed by atoms with Crippen LogP contribution in [0.4, 0.5) is 0 Å². The van der Waals surface area contributed by atoms with Gasteiger partial charge in [-0.2, -0.15) is 0 Å². The molecule has 6 heteroatoms. The van der Waals surface area contributed by atoms with Crippen molar-refractivity contribution in [3.63, 3.8) is 0 Å². The number of hydrogen-bond acceptors (Lipinski definition) is 4. The molecule has 0 aliphatic heterocycles. The number of imidazole rings is 2. The summed E-state index contributed by atoms with van der Waals surface area (Å²) in [5.41, 5.74) is 13.6. The molecule has 0 atom stereocenters. The zero-order valence-corrected chi connectivity index (χ0v) is 28.8. The Morgan fingerprint density at radius 2 is 0.942 bits per heavy atom. The van der Waals surface area contributed by atoms with Crippen molar-refractivity contribution in [2.45, 2.75) is 20.8 Å². The molecule has 0 spiro atoms. The van der Waals surface area contributed by atoms with Gasteiger partial charge in [0.15, 0.2) is 0 Å². The molecule has 0 saturated carbocycles. The van der Waals surface area contributed by atoms with Crippen molar-refractivity contribution in [1.29, 1.82) is 0 Å². The second kappa shape index (κ2) is 10.6. The summed E-state index contributed by atoms with van der Waals surface area (Å²) in [5.74, 6) is 1.48. The summed E-state index contributed by atoms with van der Waals surface area (Å²) in [4.78, 5) is 15.6. The van der Waals surface area contributed by atoms with Gasteiger partial charge in [0, 0.05) is 27.1 Å². The summed E-state index contributed by atoms with van der Waals surface area (Å²) in [6.07, 6.45) is 0. The van der Waals surface area contributed by atoms with E-state index < -0.39 is 0 Å². The summed E-state index contributed by atoms with van der Waals surface area (Å²) < 4.78 is 11.2. The average Bonchev–Trinajstić information content (AvgIpc) is 3.75. The topological polar surface area (TPSA) is 56.7 Å². The highest BCUT2D eigenvalue weighted by atomic mass is 16.5. The molecule has 0 amide bonds. The lowest BCUT2D eigenvalue weighted by Gasteiger charge is -2.15. The smallest absolute Gasteiger partial charge is 0.147 e. The van der Waals surface area contributed by atoms with Crippen LogP contribution < -0.4 is 4.74 Å². The number of nitrogens with zero attached hydrogens (tertiary/aromatic N) is 5. The summed E-state index contributed by atoms with van der Waals surface area (Å²) in [5, 5.41) is 6.51. The number of fused-ring (bicyclic) bond motifs is 16. The first-order valence-corrected chi connectivity index (χ1v) is 17.6. The van der Waals surface area contributed by atoms with E-state index in [-0.39, 0.29) is 0 Å². The highest BCUT2D eigenvalue weighted by Gasteiger charge is 2.19. The van der Waals surface area contributed by atoms with Gasteiger partial charge in [0.2, 0.25) is 0 Å². The van der Waals surface area contributed by atoms with E-state index in [9.17, 15) is 0 Å². The molecule has 246 valence electrons. The summed E-state index contributed by atoms with van der Waals surface area (Å²) in [6.45, 7) is 6.48. The Labute approximate surface area is 298 Å². The van der Waals surface area contributed by atoms with Crippen molar-refractivity contribution < 1.29 is 4.74 Å². The zero-order valence-electron chi connectivity index (χ0n) is 28.8. The van der Waals surface area contributed by atoms with Gasteiger partial charge in [0.05, 0.1) is 33.3 Å². The van der Waals surface area contributed by atoms with Crippen molar-refractivity contribution in [2.75, 3.05) is 0 Å². The lowest BCUT2D eigenvalue weighted by molar-refractivity contribution is 0.484. The Morgan fingerprint density at radius 3 is 1.62 bits per heavy atom. The minimum atomic E-state index is 0.737. The van der Waals surface area contributed by atoms with Gasteiger partial charge in [-0.05, 0) is 122 Å². The fraction of sp³-hybridized carbons (Fsp3) is 0.0652. The molecule has 5 aromatic heterocycles. The molecular weight excluding hydrogens is 639 g/mol. The molecule has 0 bridgehead atoms. The first-order valence-electron chi connectivity index (χ1n) is 17.6. The van der Waals surface area contributed by atoms with Crippen LogP contribution in [0.1, 0.15) is 16.7 Å². The highest BCUT2D eigenvalue weighted by Crippen LogP contribution is 2.39. The number of aryl methyl sites for hydroxylation is 3. The number of hydrogen-bond donors (Lipinski definition) is 0. The predicted octanol–water partition coefficient (Wildman–Crippen LogP) is 11.7. The molecule has 0 aliphatic rings. The molecule has 6 nitrogen and oxygen atoms in total. The fourth-order valence-corrected chi connectivity index (χ4v) is 8.47. The fourth-order valence-electron chi connectivity index (χ4n) is 8.47. The SMILES string of the molecule is Cc1cc(C)c(-c2ccc3c4ccc(Oc5ccc6c7ccccc7n7c8ccccc8nc7c6c5)cc4c4nc5ccccc5n4c3n2)c(C)c1. The standard InChI is InChI=1S/C46H31N5O/c1-26-22-27(2)43(28(3)23-26)39-21-20-34-32-19-17-30(25-36(32)46-48-38-12-6-9-15-42(38)51(46)44(34)49-39)52-29-16-18-31-33-10-4-7-13-40(33)50-41-14-8-5-11-37(41)47-45(50)35(31)24-29/h4-25H,1-3H3. The molecular formula is C46H31N5O. The van der Waals surface area contributed by atoms with Crippen molar-refractivity contribution in [2.24, 2.45) is 0 Å². The third-order valence-corrected chi connectivity index (χ3v) is 10.6. The Balaban J connectivity index is 1.11. The van der Waals surface area contributed by atoms with Gasteiger partial charge in [-0.1, -0.05) is 60.2 Å². The number of aromatic nitrogens is 5. The summed E-state index contributed by atoms with van der Waals surface area (Å²) in [6, 6.07) is 46.6. The zero-order chi connectivity index (χ0) is 34.7.